The van der Waals surface area contributed by atoms with Crippen LogP contribution in [-0.4, -0.2) is 73.2 Å². The summed E-state index contributed by atoms with van der Waals surface area (Å²) in [6.07, 6.45) is 4.62. The van der Waals surface area contributed by atoms with Crippen molar-refractivity contribution in [1.29, 1.82) is 0 Å². The average Bonchev–Trinajstić information content (AvgIpc) is 3.23. The lowest BCUT2D eigenvalue weighted by Gasteiger charge is -2.26. The number of carbonyl (C=O) groups excluding carboxylic acids is 1. The molecule has 3 rings (SSSR count). The first-order chi connectivity index (χ1) is 10.8. The summed E-state index contributed by atoms with van der Waals surface area (Å²) in [6, 6.07) is 0. The van der Waals surface area contributed by atoms with Crippen molar-refractivity contribution in [2.24, 2.45) is 0 Å². The third kappa shape index (κ3) is 3.96. The van der Waals surface area contributed by atoms with E-state index >= 15 is 0 Å². The van der Waals surface area contributed by atoms with Gasteiger partial charge in [-0.2, -0.15) is 0 Å². The molecule has 0 N–H and O–H groups in total. The van der Waals surface area contributed by atoms with E-state index in [1.54, 1.807) is 11.1 Å². The Balaban J connectivity index is 1.41. The maximum absolute atomic E-state index is 12.2. The van der Waals surface area contributed by atoms with Crippen molar-refractivity contribution in [2.75, 3.05) is 46.1 Å². The van der Waals surface area contributed by atoms with Gasteiger partial charge in [0.2, 0.25) is 0 Å². The summed E-state index contributed by atoms with van der Waals surface area (Å²) in [7, 11) is 0. The Morgan fingerprint density at radius 2 is 2.05 bits per heavy atom. The molecule has 0 radical (unpaired) electrons. The van der Waals surface area contributed by atoms with Crippen LogP contribution in [0.1, 0.15) is 23.2 Å². The summed E-state index contributed by atoms with van der Waals surface area (Å²) in [5.41, 5.74) is 0.532. The fourth-order valence-corrected chi connectivity index (χ4v) is 2.42. The van der Waals surface area contributed by atoms with E-state index in [9.17, 15) is 4.79 Å². The highest BCUT2D eigenvalue weighted by Gasteiger charge is 2.20. The second kappa shape index (κ2) is 7.57. The Hall–Kier alpha value is -1.64. The molecule has 122 valence electrons. The predicted octanol–water partition coefficient (Wildman–Crippen LogP) is -0.0628. The van der Waals surface area contributed by atoms with Crippen LogP contribution in [0.15, 0.2) is 12.4 Å². The van der Waals surface area contributed by atoms with Gasteiger partial charge in [-0.05, 0) is 6.42 Å². The van der Waals surface area contributed by atoms with Crippen LogP contribution < -0.4 is 4.84 Å². The molecule has 0 saturated carbocycles. The maximum Gasteiger partial charge on any atom is 0.257 e. The lowest BCUT2D eigenvalue weighted by Crippen LogP contribution is -2.40. The first-order valence-corrected chi connectivity index (χ1v) is 7.61. The molecule has 0 spiro atoms. The molecule has 3 heterocycles. The number of hydrogen-bond acceptors (Lipinski definition) is 6. The molecule has 2 saturated heterocycles. The molecule has 2 aliphatic rings. The highest BCUT2D eigenvalue weighted by Crippen LogP contribution is 2.10. The van der Waals surface area contributed by atoms with E-state index in [4.69, 9.17) is 19.0 Å². The first kappa shape index (κ1) is 15.3. The Kier molecular flexibility index (Phi) is 5.25. The van der Waals surface area contributed by atoms with E-state index in [0.717, 1.165) is 12.8 Å². The Labute approximate surface area is 128 Å². The third-order valence-electron chi connectivity index (χ3n) is 3.60. The minimum Gasteiger partial charge on any atom is -0.397 e. The van der Waals surface area contributed by atoms with Crippen LogP contribution in [0, 0.1) is 0 Å². The number of carbonyl (C=O) groups is 1. The summed E-state index contributed by atoms with van der Waals surface area (Å²) in [5.74, 6) is -0.0362. The molecule has 8 heteroatoms. The summed E-state index contributed by atoms with van der Waals surface area (Å²) in [4.78, 5) is 20.8. The number of hydrogen-bond donors (Lipinski definition) is 0. The van der Waals surface area contributed by atoms with Gasteiger partial charge in [-0.3, -0.25) is 4.79 Å². The molecule has 22 heavy (non-hydrogen) atoms. The van der Waals surface area contributed by atoms with Crippen LogP contribution in [0.4, 0.5) is 0 Å². The number of rotatable bonds is 6. The summed E-state index contributed by atoms with van der Waals surface area (Å²) < 4.78 is 15.9. The molecule has 0 atom stereocenters. The van der Waals surface area contributed by atoms with Crippen molar-refractivity contribution in [3.05, 3.63) is 18.0 Å². The third-order valence-corrected chi connectivity index (χ3v) is 3.60. The van der Waals surface area contributed by atoms with Gasteiger partial charge in [0.1, 0.15) is 6.61 Å². The second-order valence-electron chi connectivity index (χ2n) is 5.18. The van der Waals surface area contributed by atoms with E-state index < -0.39 is 0 Å². The fourth-order valence-electron chi connectivity index (χ4n) is 2.42. The van der Waals surface area contributed by atoms with Crippen LogP contribution in [0.5, 0.6) is 0 Å². The molecule has 2 fully saturated rings. The molecule has 0 bridgehead atoms. The van der Waals surface area contributed by atoms with Crippen molar-refractivity contribution >= 4 is 5.91 Å². The Morgan fingerprint density at radius 3 is 2.82 bits per heavy atom. The van der Waals surface area contributed by atoms with Gasteiger partial charge in [-0.1, -0.05) is 0 Å². The van der Waals surface area contributed by atoms with Crippen LogP contribution in [0.3, 0.4) is 0 Å². The largest absolute Gasteiger partial charge is 0.397 e. The lowest BCUT2D eigenvalue weighted by atomic mass is 10.3. The van der Waals surface area contributed by atoms with Gasteiger partial charge >= 0.3 is 0 Å². The summed E-state index contributed by atoms with van der Waals surface area (Å²) >= 11 is 0. The monoisotopic (exact) mass is 311 g/mol. The van der Waals surface area contributed by atoms with Crippen LogP contribution >= 0.6 is 0 Å². The maximum atomic E-state index is 12.2. The molecule has 1 aromatic heterocycles. The normalized spacial score (nSPS) is 19.5. The molecule has 0 unspecified atom stereocenters. The molecular weight excluding hydrogens is 290 g/mol. The van der Waals surface area contributed by atoms with Crippen molar-refractivity contribution in [3.63, 3.8) is 0 Å². The number of amides is 1. The standard InChI is InChI=1S/C14H21N3O5/c18-14(16-3-6-19-7-4-16)12-10-15-17(11-12)22-5-1-2-13-20-8-9-21-13/h10-11,13H,1-9H2. The Bertz CT molecular complexity index is 481. The van der Waals surface area contributed by atoms with Crippen LogP contribution in [-0.2, 0) is 14.2 Å². The van der Waals surface area contributed by atoms with Gasteiger partial charge in [0.05, 0.1) is 44.4 Å². The van der Waals surface area contributed by atoms with Crippen molar-refractivity contribution in [3.8, 4) is 0 Å². The average molecular weight is 311 g/mol. The number of morpholine rings is 1. The number of ether oxygens (including phenoxy) is 3. The molecule has 1 aromatic rings. The minimum atomic E-state index is -0.111. The van der Waals surface area contributed by atoms with E-state index in [1.807, 2.05) is 0 Å². The van der Waals surface area contributed by atoms with Crippen molar-refractivity contribution in [2.45, 2.75) is 19.1 Å². The summed E-state index contributed by atoms with van der Waals surface area (Å²) in [6.45, 7) is 4.23. The van der Waals surface area contributed by atoms with E-state index in [2.05, 4.69) is 5.10 Å². The first-order valence-electron chi connectivity index (χ1n) is 7.61. The second-order valence-corrected chi connectivity index (χ2v) is 5.18. The van der Waals surface area contributed by atoms with E-state index in [-0.39, 0.29) is 12.2 Å². The molecular formula is C14H21N3O5. The topological polar surface area (TPSA) is 75.1 Å². The number of nitrogens with zero attached hydrogens (tertiary/aromatic N) is 3. The van der Waals surface area contributed by atoms with Crippen LogP contribution in [0.25, 0.3) is 0 Å². The highest BCUT2D eigenvalue weighted by atomic mass is 16.7. The van der Waals surface area contributed by atoms with Gasteiger partial charge in [0.15, 0.2) is 6.29 Å². The molecule has 1 amide bonds. The van der Waals surface area contributed by atoms with E-state index in [0.29, 0.717) is 51.7 Å². The zero-order chi connectivity index (χ0) is 15.2. The minimum absolute atomic E-state index is 0.0362. The van der Waals surface area contributed by atoms with Crippen LogP contribution in [0.2, 0.25) is 0 Å². The zero-order valence-corrected chi connectivity index (χ0v) is 12.5. The quantitative estimate of drug-likeness (QED) is 0.685. The molecule has 2 aliphatic heterocycles. The summed E-state index contributed by atoms with van der Waals surface area (Å²) in [5, 5.41) is 4.05. The van der Waals surface area contributed by atoms with Gasteiger partial charge < -0.3 is 23.9 Å². The van der Waals surface area contributed by atoms with Gasteiger partial charge in [0.25, 0.3) is 5.91 Å². The van der Waals surface area contributed by atoms with Crippen molar-refractivity contribution < 1.29 is 23.8 Å². The van der Waals surface area contributed by atoms with Gasteiger partial charge in [-0.25, -0.2) is 0 Å². The fraction of sp³-hybridized carbons (Fsp3) is 0.714. The SMILES string of the molecule is O=C(c1cnn(OCCCC2OCCO2)c1)N1CCOCC1. The number of aromatic nitrogens is 2. The lowest BCUT2D eigenvalue weighted by molar-refractivity contribution is -0.0527. The van der Waals surface area contributed by atoms with Gasteiger partial charge in [0, 0.05) is 19.5 Å². The van der Waals surface area contributed by atoms with Gasteiger partial charge in [-0.15, -0.1) is 9.94 Å². The molecule has 0 aromatic carbocycles. The predicted molar refractivity (Wildman–Crippen MR) is 75.3 cm³/mol. The van der Waals surface area contributed by atoms with E-state index in [1.165, 1.54) is 11.0 Å². The Morgan fingerprint density at radius 1 is 1.27 bits per heavy atom. The smallest absolute Gasteiger partial charge is 0.257 e. The highest BCUT2D eigenvalue weighted by molar-refractivity contribution is 5.93. The molecule has 8 nitrogen and oxygen atoms in total. The zero-order valence-electron chi connectivity index (χ0n) is 12.5. The van der Waals surface area contributed by atoms with Crippen molar-refractivity contribution in [1.82, 2.24) is 14.8 Å². The molecule has 0 aliphatic carbocycles.